The summed E-state index contributed by atoms with van der Waals surface area (Å²) >= 11 is 0. The van der Waals surface area contributed by atoms with Crippen LogP contribution in [0.4, 0.5) is 0 Å². The van der Waals surface area contributed by atoms with Crippen LogP contribution in [0.2, 0.25) is 0 Å². The van der Waals surface area contributed by atoms with Crippen LogP contribution in [0.5, 0.6) is 5.75 Å². The Morgan fingerprint density at radius 1 is 1.53 bits per heavy atom. The SMILES string of the molecule is C#CCOc1ccccc1/C=C/C(=O)O. The van der Waals surface area contributed by atoms with Crippen LogP contribution < -0.4 is 4.74 Å². The van der Waals surface area contributed by atoms with Crippen LogP contribution in [0.15, 0.2) is 30.3 Å². The fraction of sp³-hybridized carbons (Fsp3) is 0.0833. The fourth-order valence-corrected chi connectivity index (χ4v) is 1.03. The molecule has 0 aliphatic rings. The molecule has 0 radical (unpaired) electrons. The lowest BCUT2D eigenvalue weighted by atomic mass is 10.2. The van der Waals surface area contributed by atoms with E-state index in [-0.39, 0.29) is 6.61 Å². The predicted molar refractivity (Wildman–Crippen MR) is 57.4 cm³/mol. The lowest BCUT2D eigenvalue weighted by Gasteiger charge is -2.05. The Bertz CT molecular complexity index is 413. The molecule has 1 N–H and O–H groups in total. The summed E-state index contributed by atoms with van der Waals surface area (Å²) in [5.74, 6) is 1.92. The number of aliphatic carboxylic acids is 1. The van der Waals surface area contributed by atoms with Crippen LogP contribution in [0.3, 0.4) is 0 Å². The topological polar surface area (TPSA) is 46.5 Å². The van der Waals surface area contributed by atoms with Crippen molar-refractivity contribution in [3.8, 4) is 18.1 Å². The highest BCUT2D eigenvalue weighted by Crippen LogP contribution is 2.19. The molecule has 0 amide bonds. The van der Waals surface area contributed by atoms with E-state index in [1.54, 1.807) is 24.3 Å². The lowest BCUT2D eigenvalue weighted by Crippen LogP contribution is -1.95. The molecule has 15 heavy (non-hydrogen) atoms. The highest BCUT2D eigenvalue weighted by Gasteiger charge is 1.98. The second-order valence-corrected chi connectivity index (χ2v) is 2.70. The number of carboxylic acid groups (broad SMARTS) is 1. The third kappa shape index (κ3) is 3.57. The van der Waals surface area contributed by atoms with Gasteiger partial charge in [0.2, 0.25) is 0 Å². The standard InChI is InChI=1S/C12H10O3/c1-2-9-15-11-6-4-3-5-10(11)7-8-12(13)14/h1,3-8H,9H2,(H,13,14)/b8-7+. The van der Waals surface area contributed by atoms with E-state index in [4.69, 9.17) is 16.3 Å². The van der Waals surface area contributed by atoms with Gasteiger partial charge in [-0.1, -0.05) is 24.1 Å². The van der Waals surface area contributed by atoms with Gasteiger partial charge in [0.05, 0.1) is 0 Å². The molecular formula is C12H10O3. The molecular weight excluding hydrogens is 192 g/mol. The molecule has 0 aliphatic heterocycles. The Morgan fingerprint density at radius 3 is 2.93 bits per heavy atom. The summed E-state index contributed by atoms with van der Waals surface area (Å²) in [4.78, 5) is 10.3. The molecule has 3 nitrogen and oxygen atoms in total. The number of carboxylic acids is 1. The zero-order valence-electron chi connectivity index (χ0n) is 8.01. The molecule has 1 aromatic rings. The van der Waals surface area contributed by atoms with Crippen LogP contribution in [0.25, 0.3) is 6.08 Å². The van der Waals surface area contributed by atoms with Gasteiger partial charge in [-0.15, -0.1) is 6.42 Å². The average Bonchev–Trinajstić information content (AvgIpc) is 2.24. The molecule has 0 atom stereocenters. The van der Waals surface area contributed by atoms with Gasteiger partial charge in [0.1, 0.15) is 12.4 Å². The fourth-order valence-electron chi connectivity index (χ4n) is 1.03. The van der Waals surface area contributed by atoms with E-state index in [0.717, 1.165) is 6.08 Å². The van der Waals surface area contributed by atoms with Gasteiger partial charge in [0.15, 0.2) is 0 Å². The first-order chi connectivity index (χ1) is 7.24. The number of terminal acetylenes is 1. The molecule has 0 saturated heterocycles. The second kappa shape index (κ2) is 5.51. The normalized spacial score (nSPS) is 9.80. The molecule has 1 aromatic carbocycles. The van der Waals surface area contributed by atoms with Crippen molar-refractivity contribution < 1.29 is 14.6 Å². The van der Waals surface area contributed by atoms with Gasteiger partial charge in [0, 0.05) is 11.6 Å². The van der Waals surface area contributed by atoms with Crippen molar-refractivity contribution in [2.24, 2.45) is 0 Å². The number of carbonyl (C=O) groups is 1. The predicted octanol–water partition coefficient (Wildman–Crippen LogP) is 1.80. The van der Waals surface area contributed by atoms with E-state index in [2.05, 4.69) is 5.92 Å². The van der Waals surface area contributed by atoms with Crippen molar-refractivity contribution >= 4 is 12.0 Å². The first-order valence-electron chi connectivity index (χ1n) is 4.30. The number of hydrogen-bond acceptors (Lipinski definition) is 2. The summed E-state index contributed by atoms with van der Waals surface area (Å²) in [6, 6.07) is 7.08. The van der Waals surface area contributed by atoms with E-state index >= 15 is 0 Å². The first kappa shape index (κ1) is 10.9. The van der Waals surface area contributed by atoms with E-state index in [9.17, 15) is 4.79 Å². The van der Waals surface area contributed by atoms with E-state index in [1.807, 2.05) is 0 Å². The number of rotatable bonds is 4. The van der Waals surface area contributed by atoms with Crippen LogP contribution in [-0.4, -0.2) is 17.7 Å². The zero-order valence-corrected chi connectivity index (χ0v) is 8.01. The minimum Gasteiger partial charge on any atom is -0.480 e. The Morgan fingerprint density at radius 2 is 2.27 bits per heavy atom. The summed E-state index contributed by atoms with van der Waals surface area (Å²) in [5.41, 5.74) is 0.690. The van der Waals surface area contributed by atoms with Crippen molar-refractivity contribution in [2.75, 3.05) is 6.61 Å². The van der Waals surface area contributed by atoms with Gasteiger partial charge in [0.25, 0.3) is 0 Å². The van der Waals surface area contributed by atoms with E-state index < -0.39 is 5.97 Å². The van der Waals surface area contributed by atoms with Gasteiger partial charge < -0.3 is 9.84 Å². The summed E-state index contributed by atoms with van der Waals surface area (Å²) in [6.45, 7) is 0.165. The summed E-state index contributed by atoms with van der Waals surface area (Å²) in [6.07, 6.45) is 7.58. The molecule has 0 aromatic heterocycles. The van der Waals surface area contributed by atoms with Gasteiger partial charge in [-0.2, -0.15) is 0 Å². The molecule has 76 valence electrons. The Hall–Kier alpha value is -2.21. The van der Waals surface area contributed by atoms with Gasteiger partial charge in [-0.3, -0.25) is 0 Å². The third-order valence-corrected chi connectivity index (χ3v) is 1.64. The maximum Gasteiger partial charge on any atom is 0.328 e. The highest BCUT2D eigenvalue weighted by atomic mass is 16.5. The molecule has 0 fully saturated rings. The Labute approximate surface area is 88.0 Å². The molecule has 1 rings (SSSR count). The summed E-state index contributed by atoms with van der Waals surface area (Å²) in [5, 5.41) is 8.48. The molecule has 0 saturated carbocycles. The maximum atomic E-state index is 10.3. The quantitative estimate of drug-likeness (QED) is 0.598. The summed E-state index contributed by atoms with van der Waals surface area (Å²) in [7, 11) is 0. The first-order valence-corrected chi connectivity index (χ1v) is 4.30. The number of hydrogen-bond donors (Lipinski definition) is 1. The second-order valence-electron chi connectivity index (χ2n) is 2.70. The van der Waals surface area contributed by atoms with Crippen LogP contribution in [0, 0.1) is 12.3 Å². The van der Waals surface area contributed by atoms with Gasteiger partial charge in [-0.25, -0.2) is 4.79 Å². The molecule has 0 bridgehead atoms. The Kier molecular flexibility index (Phi) is 3.99. The number of benzene rings is 1. The number of ether oxygens (including phenoxy) is 1. The molecule has 0 spiro atoms. The largest absolute Gasteiger partial charge is 0.480 e. The Balaban J connectivity index is 2.86. The van der Waals surface area contributed by atoms with Crippen molar-refractivity contribution in [1.29, 1.82) is 0 Å². The van der Waals surface area contributed by atoms with Crippen LogP contribution >= 0.6 is 0 Å². The zero-order chi connectivity index (χ0) is 11.1. The smallest absolute Gasteiger partial charge is 0.328 e. The van der Waals surface area contributed by atoms with Crippen molar-refractivity contribution in [2.45, 2.75) is 0 Å². The lowest BCUT2D eigenvalue weighted by molar-refractivity contribution is -0.131. The summed E-state index contributed by atoms with van der Waals surface area (Å²) < 4.78 is 5.24. The minimum atomic E-state index is -0.998. The maximum absolute atomic E-state index is 10.3. The van der Waals surface area contributed by atoms with Gasteiger partial charge in [-0.05, 0) is 12.1 Å². The monoisotopic (exact) mass is 202 g/mol. The average molecular weight is 202 g/mol. The van der Waals surface area contributed by atoms with Crippen molar-refractivity contribution in [3.05, 3.63) is 35.9 Å². The van der Waals surface area contributed by atoms with Crippen molar-refractivity contribution in [3.63, 3.8) is 0 Å². The van der Waals surface area contributed by atoms with Crippen molar-refractivity contribution in [1.82, 2.24) is 0 Å². The number of para-hydroxylation sites is 1. The minimum absolute atomic E-state index is 0.165. The van der Waals surface area contributed by atoms with Crippen LogP contribution in [-0.2, 0) is 4.79 Å². The van der Waals surface area contributed by atoms with E-state index in [1.165, 1.54) is 6.08 Å². The molecule has 0 heterocycles. The third-order valence-electron chi connectivity index (χ3n) is 1.64. The van der Waals surface area contributed by atoms with Crippen LogP contribution in [0.1, 0.15) is 5.56 Å². The highest BCUT2D eigenvalue weighted by molar-refractivity contribution is 5.85. The molecule has 3 heteroatoms. The molecule has 0 unspecified atom stereocenters. The van der Waals surface area contributed by atoms with E-state index in [0.29, 0.717) is 11.3 Å². The van der Waals surface area contributed by atoms with Gasteiger partial charge >= 0.3 is 5.97 Å². The molecule has 0 aliphatic carbocycles.